The van der Waals surface area contributed by atoms with Gasteiger partial charge < -0.3 is 9.47 Å². The summed E-state index contributed by atoms with van der Waals surface area (Å²) < 4.78 is 10.1. The Morgan fingerprint density at radius 2 is 1.83 bits per heavy atom. The molecule has 4 heteroatoms. The van der Waals surface area contributed by atoms with Crippen molar-refractivity contribution in [3.8, 4) is 11.8 Å². The first-order valence-electron chi connectivity index (χ1n) is 3.75. The Kier molecular flexibility index (Phi) is 2.85. The largest absolute Gasteiger partial charge is 0.494 e. The van der Waals surface area contributed by atoms with Gasteiger partial charge >= 0.3 is 6.01 Å². The molecule has 0 aliphatic heterocycles. The molecule has 12 heavy (non-hydrogen) atoms. The molecule has 0 unspecified atom stereocenters. The third-order valence-electron chi connectivity index (χ3n) is 1.18. The summed E-state index contributed by atoms with van der Waals surface area (Å²) in [6.45, 7) is 3.85. The number of ether oxygens (including phenoxy) is 2. The van der Waals surface area contributed by atoms with Gasteiger partial charge in [-0.2, -0.15) is 9.97 Å². The molecule has 0 radical (unpaired) electrons. The van der Waals surface area contributed by atoms with Crippen LogP contribution in [0.3, 0.4) is 0 Å². The van der Waals surface area contributed by atoms with Gasteiger partial charge in [0.15, 0.2) is 5.75 Å². The van der Waals surface area contributed by atoms with E-state index in [1.54, 1.807) is 19.5 Å². The van der Waals surface area contributed by atoms with Gasteiger partial charge in [-0.15, -0.1) is 0 Å². The van der Waals surface area contributed by atoms with Gasteiger partial charge in [0.05, 0.1) is 25.6 Å². The number of methoxy groups -OCH3 is 1. The topological polar surface area (TPSA) is 44.2 Å². The maximum Gasteiger partial charge on any atom is 0.316 e. The summed E-state index contributed by atoms with van der Waals surface area (Å²) in [5.41, 5.74) is 0. The van der Waals surface area contributed by atoms with Crippen LogP contribution in [0, 0.1) is 0 Å². The van der Waals surface area contributed by atoms with E-state index in [1.165, 1.54) is 0 Å². The van der Waals surface area contributed by atoms with E-state index in [9.17, 15) is 0 Å². The molecule has 1 rings (SSSR count). The third-order valence-corrected chi connectivity index (χ3v) is 1.18. The summed E-state index contributed by atoms with van der Waals surface area (Å²) in [6, 6.07) is 0.380. The lowest BCUT2D eigenvalue weighted by Gasteiger charge is -2.06. The van der Waals surface area contributed by atoms with E-state index >= 15 is 0 Å². The van der Waals surface area contributed by atoms with Crippen LogP contribution in [0.1, 0.15) is 13.8 Å². The molecule has 0 N–H and O–H groups in total. The SMILES string of the molecule is COc1cnc(OC(C)C)nc1. The summed E-state index contributed by atoms with van der Waals surface area (Å²) in [5.74, 6) is 0.631. The van der Waals surface area contributed by atoms with Crippen LogP contribution in [-0.4, -0.2) is 23.2 Å². The van der Waals surface area contributed by atoms with Crippen molar-refractivity contribution in [3.63, 3.8) is 0 Å². The highest BCUT2D eigenvalue weighted by atomic mass is 16.5. The quantitative estimate of drug-likeness (QED) is 0.681. The lowest BCUT2D eigenvalue weighted by Crippen LogP contribution is -2.08. The Morgan fingerprint density at radius 3 is 2.25 bits per heavy atom. The Morgan fingerprint density at radius 1 is 1.25 bits per heavy atom. The van der Waals surface area contributed by atoms with Crippen molar-refractivity contribution < 1.29 is 9.47 Å². The van der Waals surface area contributed by atoms with E-state index in [1.807, 2.05) is 13.8 Å². The number of nitrogens with zero attached hydrogens (tertiary/aromatic N) is 2. The average molecular weight is 168 g/mol. The normalized spacial score (nSPS) is 10.0. The maximum absolute atomic E-state index is 5.24. The molecule has 1 aromatic rings. The first-order chi connectivity index (χ1) is 5.72. The molecule has 0 atom stereocenters. The van der Waals surface area contributed by atoms with Crippen LogP contribution in [-0.2, 0) is 0 Å². The number of hydrogen-bond acceptors (Lipinski definition) is 4. The van der Waals surface area contributed by atoms with Crippen molar-refractivity contribution in [3.05, 3.63) is 12.4 Å². The molecule has 4 nitrogen and oxygen atoms in total. The molecule has 0 amide bonds. The monoisotopic (exact) mass is 168 g/mol. The van der Waals surface area contributed by atoms with Gasteiger partial charge in [-0.25, -0.2) is 0 Å². The molecule has 66 valence electrons. The molecule has 0 aliphatic rings. The highest BCUT2D eigenvalue weighted by Crippen LogP contribution is 2.09. The molecule has 0 fully saturated rings. The molecule has 1 heterocycles. The summed E-state index contributed by atoms with van der Waals surface area (Å²) in [4.78, 5) is 7.86. The fourth-order valence-electron chi connectivity index (χ4n) is 0.681. The zero-order valence-electron chi connectivity index (χ0n) is 7.44. The average Bonchev–Trinajstić information content (AvgIpc) is 2.05. The van der Waals surface area contributed by atoms with Gasteiger partial charge in [0.25, 0.3) is 0 Å². The zero-order chi connectivity index (χ0) is 8.97. The fourth-order valence-corrected chi connectivity index (χ4v) is 0.681. The Hall–Kier alpha value is -1.32. The molecule has 0 aromatic carbocycles. The Labute approximate surface area is 71.6 Å². The lowest BCUT2D eigenvalue weighted by molar-refractivity contribution is 0.221. The van der Waals surface area contributed by atoms with Gasteiger partial charge in [-0.1, -0.05) is 0 Å². The molecular weight excluding hydrogens is 156 g/mol. The van der Waals surface area contributed by atoms with Gasteiger partial charge in [-0.05, 0) is 13.8 Å². The fraction of sp³-hybridized carbons (Fsp3) is 0.500. The lowest BCUT2D eigenvalue weighted by atomic mass is 10.5. The van der Waals surface area contributed by atoms with Gasteiger partial charge in [-0.3, -0.25) is 0 Å². The molecule has 0 spiro atoms. The van der Waals surface area contributed by atoms with Crippen LogP contribution in [0.25, 0.3) is 0 Å². The minimum Gasteiger partial charge on any atom is -0.494 e. The van der Waals surface area contributed by atoms with Crippen LogP contribution in [0.2, 0.25) is 0 Å². The maximum atomic E-state index is 5.24. The number of aromatic nitrogens is 2. The Bertz CT molecular complexity index is 233. The summed E-state index contributed by atoms with van der Waals surface area (Å²) in [5, 5.41) is 0. The van der Waals surface area contributed by atoms with E-state index in [0.717, 1.165) is 0 Å². The second kappa shape index (κ2) is 3.90. The van der Waals surface area contributed by atoms with E-state index in [2.05, 4.69) is 9.97 Å². The van der Waals surface area contributed by atoms with Crippen LogP contribution in [0.5, 0.6) is 11.8 Å². The Balaban J connectivity index is 2.65. The van der Waals surface area contributed by atoms with E-state index < -0.39 is 0 Å². The van der Waals surface area contributed by atoms with E-state index in [0.29, 0.717) is 11.8 Å². The van der Waals surface area contributed by atoms with E-state index in [-0.39, 0.29) is 6.10 Å². The highest BCUT2D eigenvalue weighted by Gasteiger charge is 1.99. The van der Waals surface area contributed by atoms with Crippen LogP contribution < -0.4 is 9.47 Å². The molecule has 0 saturated carbocycles. The predicted octanol–water partition coefficient (Wildman–Crippen LogP) is 1.27. The molecule has 0 saturated heterocycles. The third kappa shape index (κ3) is 2.38. The van der Waals surface area contributed by atoms with Crippen molar-refractivity contribution >= 4 is 0 Å². The molecule has 0 aliphatic carbocycles. The number of hydrogen-bond donors (Lipinski definition) is 0. The first kappa shape index (κ1) is 8.77. The second-order valence-corrected chi connectivity index (χ2v) is 2.57. The molecule has 1 aromatic heterocycles. The van der Waals surface area contributed by atoms with Crippen LogP contribution in [0.15, 0.2) is 12.4 Å². The summed E-state index contributed by atoms with van der Waals surface area (Å²) in [7, 11) is 1.57. The highest BCUT2D eigenvalue weighted by molar-refractivity contribution is 5.13. The van der Waals surface area contributed by atoms with Crippen molar-refractivity contribution in [2.75, 3.05) is 7.11 Å². The van der Waals surface area contributed by atoms with Crippen molar-refractivity contribution in [1.29, 1.82) is 0 Å². The van der Waals surface area contributed by atoms with E-state index in [4.69, 9.17) is 9.47 Å². The van der Waals surface area contributed by atoms with Crippen molar-refractivity contribution in [2.24, 2.45) is 0 Å². The van der Waals surface area contributed by atoms with Gasteiger partial charge in [0.1, 0.15) is 0 Å². The van der Waals surface area contributed by atoms with Gasteiger partial charge in [0, 0.05) is 0 Å². The summed E-state index contributed by atoms with van der Waals surface area (Å²) in [6.07, 6.45) is 3.24. The number of rotatable bonds is 3. The summed E-state index contributed by atoms with van der Waals surface area (Å²) >= 11 is 0. The minimum atomic E-state index is 0.0957. The van der Waals surface area contributed by atoms with Crippen molar-refractivity contribution in [2.45, 2.75) is 20.0 Å². The zero-order valence-corrected chi connectivity index (χ0v) is 7.44. The van der Waals surface area contributed by atoms with Crippen molar-refractivity contribution in [1.82, 2.24) is 9.97 Å². The first-order valence-corrected chi connectivity index (χ1v) is 3.75. The van der Waals surface area contributed by atoms with Gasteiger partial charge in [0.2, 0.25) is 0 Å². The predicted molar refractivity (Wildman–Crippen MR) is 44.3 cm³/mol. The van der Waals surface area contributed by atoms with Crippen LogP contribution >= 0.6 is 0 Å². The smallest absolute Gasteiger partial charge is 0.316 e. The van der Waals surface area contributed by atoms with Crippen LogP contribution in [0.4, 0.5) is 0 Å². The second-order valence-electron chi connectivity index (χ2n) is 2.57. The molecule has 0 bridgehead atoms. The molecular formula is C8H12N2O2. The minimum absolute atomic E-state index is 0.0957. The standard InChI is InChI=1S/C8H12N2O2/c1-6(2)12-8-9-4-7(11-3)5-10-8/h4-6H,1-3H3.